The molecule has 1 atom stereocenters. The first kappa shape index (κ1) is 17.9. The average Bonchev–Trinajstić information content (AvgIpc) is 3.13. The Bertz CT molecular complexity index is 1210. The molecule has 142 valence electrons. The zero-order valence-corrected chi connectivity index (χ0v) is 15.8. The van der Waals surface area contributed by atoms with Crippen LogP contribution in [0.1, 0.15) is 35.0 Å². The summed E-state index contributed by atoms with van der Waals surface area (Å²) in [6.07, 6.45) is 1.64. The molecule has 0 spiro atoms. The molecule has 7 heteroatoms. The molecule has 0 fully saturated rings. The quantitative estimate of drug-likeness (QED) is 0.561. The highest BCUT2D eigenvalue weighted by atomic mass is 16.2. The zero-order valence-electron chi connectivity index (χ0n) is 15.8. The standard InChI is InChI=1S/C21H21N5O2/c1-13-8-11-17-16(12-13)23-21(28)19-18(24-25-26(17)19)20(27)22-14(2)9-10-15-6-4-3-5-7-15/h3-8,11-12,14H,9-10H2,1-2H3,(H,22,27)(H,23,28). The molecular weight excluding hydrogens is 354 g/mol. The van der Waals surface area contributed by atoms with Crippen LogP contribution in [-0.2, 0) is 6.42 Å². The lowest BCUT2D eigenvalue weighted by Gasteiger charge is -2.13. The van der Waals surface area contributed by atoms with Gasteiger partial charge in [-0.2, -0.15) is 0 Å². The van der Waals surface area contributed by atoms with Gasteiger partial charge < -0.3 is 10.3 Å². The molecule has 2 N–H and O–H groups in total. The van der Waals surface area contributed by atoms with Gasteiger partial charge in [-0.15, -0.1) is 5.10 Å². The molecule has 0 saturated heterocycles. The number of carbonyl (C=O) groups excluding carboxylic acids is 1. The number of H-pyrrole nitrogens is 1. The summed E-state index contributed by atoms with van der Waals surface area (Å²) in [7, 11) is 0. The van der Waals surface area contributed by atoms with E-state index in [0.29, 0.717) is 11.0 Å². The van der Waals surface area contributed by atoms with Gasteiger partial charge in [-0.25, -0.2) is 4.52 Å². The molecule has 2 heterocycles. The fraction of sp³-hybridized carbons (Fsp3) is 0.238. The number of hydrogen-bond donors (Lipinski definition) is 2. The summed E-state index contributed by atoms with van der Waals surface area (Å²) >= 11 is 0. The van der Waals surface area contributed by atoms with Crippen molar-refractivity contribution in [3.05, 3.63) is 75.7 Å². The van der Waals surface area contributed by atoms with Gasteiger partial charge in [0.05, 0.1) is 11.0 Å². The third kappa shape index (κ3) is 3.38. The van der Waals surface area contributed by atoms with Crippen molar-refractivity contribution in [1.82, 2.24) is 25.1 Å². The van der Waals surface area contributed by atoms with E-state index in [-0.39, 0.29) is 22.8 Å². The molecule has 0 aliphatic rings. The van der Waals surface area contributed by atoms with E-state index in [1.165, 1.54) is 10.1 Å². The Kier molecular flexibility index (Phi) is 4.65. The Labute approximate surface area is 161 Å². The number of carbonyl (C=O) groups is 1. The highest BCUT2D eigenvalue weighted by Crippen LogP contribution is 2.15. The summed E-state index contributed by atoms with van der Waals surface area (Å²) in [5, 5.41) is 10.9. The SMILES string of the molecule is Cc1ccc2c(c1)[nH]c(=O)c1c(C(=O)NC(C)CCc3ccccc3)nnn12. The molecule has 2 aromatic heterocycles. The minimum absolute atomic E-state index is 0.0373. The van der Waals surface area contributed by atoms with Crippen molar-refractivity contribution in [2.75, 3.05) is 0 Å². The summed E-state index contributed by atoms with van der Waals surface area (Å²) in [4.78, 5) is 28.1. The van der Waals surface area contributed by atoms with E-state index in [0.717, 1.165) is 18.4 Å². The molecule has 0 bridgehead atoms. The molecule has 4 rings (SSSR count). The summed E-state index contributed by atoms with van der Waals surface area (Å²) in [6.45, 7) is 3.88. The Morgan fingerprint density at radius 1 is 1.21 bits per heavy atom. The number of hydrogen-bond acceptors (Lipinski definition) is 4. The zero-order chi connectivity index (χ0) is 19.7. The lowest BCUT2D eigenvalue weighted by atomic mass is 10.1. The Morgan fingerprint density at radius 2 is 2.00 bits per heavy atom. The van der Waals surface area contributed by atoms with E-state index in [4.69, 9.17) is 0 Å². The van der Waals surface area contributed by atoms with Gasteiger partial charge in [0.25, 0.3) is 11.5 Å². The molecule has 1 unspecified atom stereocenters. The van der Waals surface area contributed by atoms with E-state index in [2.05, 4.69) is 32.7 Å². The van der Waals surface area contributed by atoms with E-state index in [1.807, 2.05) is 50.2 Å². The fourth-order valence-corrected chi connectivity index (χ4v) is 3.32. The third-order valence-electron chi connectivity index (χ3n) is 4.82. The molecule has 0 radical (unpaired) electrons. The van der Waals surface area contributed by atoms with Crippen molar-refractivity contribution in [2.45, 2.75) is 32.7 Å². The number of aromatic amines is 1. The van der Waals surface area contributed by atoms with Gasteiger partial charge in [0.15, 0.2) is 11.2 Å². The van der Waals surface area contributed by atoms with Crippen LogP contribution < -0.4 is 10.9 Å². The molecular formula is C21H21N5O2. The Hall–Kier alpha value is -3.48. The van der Waals surface area contributed by atoms with Crippen molar-refractivity contribution >= 4 is 22.5 Å². The average molecular weight is 375 g/mol. The van der Waals surface area contributed by atoms with E-state index >= 15 is 0 Å². The van der Waals surface area contributed by atoms with Crippen molar-refractivity contribution in [2.24, 2.45) is 0 Å². The lowest BCUT2D eigenvalue weighted by Crippen LogP contribution is -2.33. The molecule has 0 aliphatic heterocycles. The van der Waals surface area contributed by atoms with Gasteiger partial charge >= 0.3 is 0 Å². The van der Waals surface area contributed by atoms with Crippen molar-refractivity contribution in [3.63, 3.8) is 0 Å². The normalized spacial score (nSPS) is 12.4. The van der Waals surface area contributed by atoms with Gasteiger partial charge in [-0.05, 0) is 49.9 Å². The second-order valence-electron chi connectivity index (χ2n) is 7.07. The van der Waals surface area contributed by atoms with Crippen LogP contribution in [0.2, 0.25) is 0 Å². The first-order valence-corrected chi connectivity index (χ1v) is 9.26. The molecule has 7 nitrogen and oxygen atoms in total. The Morgan fingerprint density at radius 3 is 2.79 bits per heavy atom. The maximum atomic E-state index is 12.7. The molecule has 2 aromatic carbocycles. The van der Waals surface area contributed by atoms with Crippen LogP contribution in [-0.4, -0.2) is 31.8 Å². The first-order chi connectivity index (χ1) is 13.5. The lowest BCUT2D eigenvalue weighted by molar-refractivity contribution is 0.0935. The van der Waals surface area contributed by atoms with Crippen LogP contribution in [0.5, 0.6) is 0 Å². The number of aromatic nitrogens is 4. The monoisotopic (exact) mass is 375 g/mol. The molecule has 4 aromatic rings. The number of nitrogens with zero attached hydrogens (tertiary/aromatic N) is 3. The molecule has 28 heavy (non-hydrogen) atoms. The summed E-state index contributed by atoms with van der Waals surface area (Å²) < 4.78 is 1.43. The largest absolute Gasteiger partial charge is 0.348 e. The van der Waals surface area contributed by atoms with Crippen molar-refractivity contribution in [3.8, 4) is 0 Å². The maximum absolute atomic E-state index is 12.7. The number of benzene rings is 2. The van der Waals surface area contributed by atoms with Gasteiger partial charge in [0.2, 0.25) is 0 Å². The van der Waals surface area contributed by atoms with Gasteiger partial charge in [0, 0.05) is 6.04 Å². The summed E-state index contributed by atoms with van der Waals surface area (Å²) in [5.41, 5.74) is 3.41. The van der Waals surface area contributed by atoms with Crippen LogP contribution in [0, 0.1) is 6.92 Å². The van der Waals surface area contributed by atoms with Crippen LogP contribution in [0.3, 0.4) is 0 Å². The highest BCUT2D eigenvalue weighted by molar-refractivity contribution is 5.99. The highest BCUT2D eigenvalue weighted by Gasteiger charge is 2.21. The summed E-state index contributed by atoms with van der Waals surface area (Å²) in [5.74, 6) is -0.396. The van der Waals surface area contributed by atoms with Gasteiger partial charge in [-0.1, -0.05) is 41.6 Å². The summed E-state index contributed by atoms with van der Waals surface area (Å²) in [6, 6.07) is 15.7. The number of aryl methyl sites for hydroxylation is 2. The maximum Gasteiger partial charge on any atom is 0.277 e. The Balaban J connectivity index is 1.57. The molecule has 1 amide bonds. The fourth-order valence-electron chi connectivity index (χ4n) is 3.32. The number of amides is 1. The van der Waals surface area contributed by atoms with Crippen molar-refractivity contribution < 1.29 is 4.79 Å². The second kappa shape index (κ2) is 7.26. The second-order valence-corrected chi connectivity index (χ2v) is 7.07. The predicted molar refractivity (Wildman–Crippen MR) is 108 cm³/mol. The third-order valence-corrected chi connectivity index (χ3v) is 4.82. The van der Waals surface area contributed by atoms with Gasteiger partial charge in [0.1, 0.15) is 0 Å². The van der Waals surface area contributed by atoms with E-state index in [1.54, 1.807) is 0 Å². The molecule has 0 aliphatic carbocycles. The van der Waals surface area contributed by atoms with E-state index < -0.39 is 5.91 Å². The van der Waals surface area contributed by atoms with E-state index in [9.17, 15) is 9.59 Å². The van der Waals surface area contributed by atoms with Crippen LogP contribution in [0.4, 0.5) is 0 Å². The van der Waals surface area contributed by atoms with Gasteiger partial charge in [-0.3, -0.25) is 9.59 Å². The molecule has 0 saturated carbocycles. The minimum atomic E-state index is -0.396. The smallest absolute Gasteiger partial charge is 0.277 e. The van der Waals surface area contributed by atoms with Crippen LogP contribution in [0.15, 0.2) is 53.3 Å². The minimum Gasteiger partial charge on any atom is -0.348 e. The topological polar surface area (TPSA) is 92.1 Å². The van der Waals surface area contributed by atoms with Crippen LogP contribution >= 0.6 is 0 Å². The number of rotatable bonds is 5. The first-order valence-electron chi connectivity index (χ1n) is 9.26. The van der Waals surface area contributed by atoms with Crippen molar-refractivity contribution in [1.29, 1.82) is 0 Å². The van der Waals surface area contributed by atoms with Crippen LogP contribution in [0.25, 0.3) is 16.6 Å². The number of nitrogens with one attached hydrogen (secondary N) is 2. The predicted octanol–water partition coefficient (Wildman–Crippen LogP) is 2.63. The number of fused-ring (bicyclic) bond motifs is 3.